The number of hydrogen-bond acceptors (Lipinski definition) is 3. The fourth-order valence-corrected chi connectivity index (χ4v) is 4.13. The number of rotatable bonds is 3. The molecule has 1 aliphatic rings. The zero-order valence-electron chi connectivity index (χ0n) is 11.1. The minimum absolute atomic E-state index is 0.0174. The highest BCUT2D eigenvalue weighted by Crippen LogP contribution is 2.30. The predicted molar refractivity (Wildman–Crippen MR) is 88.6 cm³/mol. The molecule has 3 rings (SSSR count). The number of thioether (sulfide) groups is 1. The number of halogens is 1. The van der Waals surface area contributed by atoms with Gasteiger partial charge in [0.25, 0.3) is 5.56 Å². The van der Waals surface area contributed by atoms with Crippen LogP contribution in [0.3, 0.4) is 0 Å². The first-order chi connectivity index (χ1) is 9.74. The highest BCUT2D eigenvalue weighted by Gasteiger charge is 2.14. The third-order valence-corrected chi connectivity index (χ3v) is 5.48. The van der Waals surface area contributed by atoms with Crippen molar-refractivity contribution in [2.45, 2.75) is 17.7 Å². The van der Waals surface area contributed by atoms with Crippen LogP contribution in [-0.4, -0.2) is 23.8 Å². The Morgan fingerprint density at radius 3 is 3.05 bits per heavy atom. The quantitative estimate of drug-likeness (QED) is 0.832. The average Bonchev–Trinajstić information content (AvgIpc) is 2.47. The molecule has 106 valence electrons. The highest BCUT2D eigenvalue weighted by molar-refractivity contribution is 9.10. The molecule has 2 heterocycles. The van der Waals surface area contributed by atoms with Gasteiger partial charge in [-0.2, -0.15) is 0 Å². The topological polar surface area (TPSA) is 44.9 Å². The van der Waals surface area contributed by atoms with Gasteiger partial charge in [0.2, 0.25) is 0 Å². The SMILES string of the molecule is O=c1[nH]cc(SC[C@H]2CCCNC2)c2cc(Br)ccc12. The minimum atomic E-state index is -0.0174. The third kappa shape index (κ3) is 3.10. The summed E-state index contributed by atoms with van der Waals surface area (Å²) < 4.78 is 1.01. The number of H-pyrrole nitrogens is 1. The van der Waals surface area contributed by atoms with Gasteiger partial charge >= 0.3 is 0 Å². The summed E-state index contributed by atoms with van der Waals surface area (Å²) in [5, 5.41) is 5.25. The molecule has 1 aliphatic heterocycles. The molecule has 0 aliphatic carbocycles. The van der Waals surface area contributed by atoms with Crippen molar-refractivity contribution in [3.63, 3.8) is 0 Å². The molecule has 20 heavy (non-hydrogen) atoms. The zero-order chi connectivity index (χ0) is 13.9. The van der Waals surface area contributed by atoms with Crippen molar-refractivity contribution in [1.29, 1.82) is 0 Å². The Kier molecular flexibility index (Phi) is 4.48. The third-order valence-electron chi connectivity index (χ3n) is 3.70. The second kappa shape index (κ2) is 6.33. The lowest BCUT2D eigenvalue weighted by molar-refractivity contribution is 0.410. The summed E-state index contributed by atoms with van der Waals surface area (Å²) in [6.45, 7) is 2.26. The summed E-state index contributed by atoms with van der Waals surface area (Å²) in [7, 11) is 0. The Morgan fingerprint density at radius 1 is 1.35 bits per heavy atom. The molecule has 1 aromatic carbocycles. The lowest BCUT2D eigenvalue weighted by Crippen LogP contribution is -2.30. The average molecular weight is 353 g/mol. The van der Waals surface area contributed by atoms with Gasteiger partial charge in [0.05, 0.1) is 0 Å². The van der Waals surface area contributed by atoms with Crippen LogP contribution in [0.4, 0.5) is 0 Å². The molecule has 1 saturated heterocycles. The largest absolute Gasteiger partial charge is 0.327 e. The molecule has 2 aromatic rings. The minimum Gasteiger partial charge on any atom is -0.327 e. The lowest BCUT2D eigenvalue weighted by atomic mass is 10.0. The first-order valence-electron chi connectivity index (χ1n) is 6.88. The molecule has 0 saturated carbocycles. The van der Waals surface area contributed by atoms with E-state index in [-0.39, 0.29) is 5.56 Å². The summed E-state index contributed by atoms with van der Waals surface area (Å²) >= 11 is 5.33. The van der Waals surface area contributed by atoms with Gasteiger partial charge in [0, 0.05) is 32.1 Å². The fraction of sp³-hybridized carbons (Fsp3) is 0.400. The molecule has 1 atom stereocenters. The molecular weight excluding hydrogens is 336 g/mol. The summed E-state index contributed by atoms with van der Waals surface area (Å²) in [5.74, 6) is 1.82. The number of aromatic nitrogens is 1. The highest BCUT2D eigenvalue weighted by atomic mass is 79.9. The van der Waals surface area contributed by atoms with Crippen molar-refractivity contribution in [2.24, 2.45) is 5.92 Å². The van der Waals surface area contributed by atoms with Gasteiger partial charge in [-0.3, -0.25) is 4.79 Å². The molecule has 5 heteroatoms. The van der Waals surface area contributed by atoms with Gasteiger partial charge in [0.1, 0.15) is 0 Å². The molecule has 1 fully saturated rings. The van der Waals surface area contributed by atoms with Crippen LogP contribution in [0.25, 0.3) is 10.8 Å². The van der Waals surface area contributed by atoms with E-state index in [0.29, 0.717) is 0 Å². The van der Waals surface area contributed by atoms with E-state index in [1.807, 2.05) is 36.2 Å². The van der Waals surface area contributed by atoms with E-state index in [0.717, 1.165) is 44.9 Å². The second-order valence-corrected chi connectivity index (χ2v) is 7.17. The number of nitrogens with one attached hydrogen (secondary N) is 2. The molecule has 0 bridgehead atoms. The Balaban J connectivity index is 1.85. The number of aromatic amines is 1. The van der Waals surface area contributed by atoms with E-state index in [1.165, 1.54) is 12.8 Å². The molecule has 0 unspecified atom stereocenters. The van der Waals surface area contributed by atoms with Crippen molar-refractivity contribution in [3.05, 3.63) is 39.2 Å². The number of fused-ring (bicyclic) bond motifs is 1. The van der Waals surface area contributed by atoms with Crippen LogP contribution >= 0.6 is 27.7 Å². The van der Waals surface area contributed by atoms with Gasteiger partial charge < -0.3 is 10.3 Å². The number of benzene rings is 1. The Morgan fingerprint density at radius 2 is 2.25 bits per heavy atom. The van der Waals surface area contributed by atoms with Crippen molar-refractivity contribution in [3.8, 4) is 0 Å². The van der Waals surface area contributed by atoms with E-state index < -0.39 is 0 Å². The van der Waals surface area contributed by atoms with Crippen molar-refractivity contribution in [1.82, 2.24) is 10.3 Å². The van der Waals surface area contributed by atoms with Gasteiger partial charge in [0.15, 0.2) is 0 Å². The zero-order valence-corrected chi connectivity index (χ0v) is 13.5. The summed E-state index contributed by atoms with van der Waals surface area (Å²) in [6, 6.07) is 5.83. The maximum absolute atomic E-state index is 11.9. The molecule has 0 radical (unpaired) electrons. The number of pyridine rings is 1. The van der Waals surface area contributed by atoms with E-state index >= 15 is 0 Å². The van der Waals surface area contributed by atoms with Crippen LogP contribution in [0.1, 0.15) is 12.8 Å². The van der Waals surface area contributed by atoms with Crippen LogP contribution < -0.4 is 10.9 Å². The Labute approximate surface area is 130 Å². The Bertz CT molecular complexity index is 664. The van der Waals surface area contributed by atoms with E-state index in [2.05, 4.69) is 26.2 Å². The maximum atomic E-state index is 11.9. The van der Waals surface area contributed by atoms with Gasteiger partial charge in [-0.25, -0.2) is 0 Å². The van der Waals surface area contributed by atoms with Crippen LogP contribution in [0.15, 0.2) is 38.6 Å². The molecular formula is C15H17BrN2OS. The van der Waals surface area contributed by atoms with E-state index in [9.17, 15) is 4.79 Å². The van der Waals surface area contributed by atoms with Crippen molar-refractivity contribution >= 4 is 38.5 Å². The fourth-order valence-electron chi connectivity index (χ4n) is 2.60. The van der Waals surface area contributed by atoms with Crippen LogP contribution in [0, 0.1) is 5.92 Å². The monoisotopic (exact) mass is 352 g/mol. The summed E-state index contributed by atoms with van der Waals surface area (Å²) in [4.78, 5) is 15.9. The normalized spacial score (nSPS) is 19.4. The van der Waals surface area contributed by atoms with Crippen molar-refractivity contribution in [2.75, 3.05) is 18.8 Å². The standard InChI is InChI=1S/C15H17BrN2OS/c16-11-3-4-12-13(6-11)14(8-18-15(12)19)20-9-10-2-1-5-17-7-10/h3-4,6,8,10,17H,1-2,5,7,9H2,(H,18,19)/t10-/m0/s1. The lowest BCUT2D eigenvalue weighted by Gasteiger charge is -2.22. The van der Waals surface area contributed by atoms with Crippen LogP contribution in [0.5, 0.6) is 0 Å². The van der Waals surface area contributed by atoms with Crippen LogP contribution in [0.2, 0.25) is 0 Å². The Hall–Kier alpha value is -0.780. The van der Waals surface area contributed by atoms with Crippen LogP contribution in [-0.2, 0) is 0 Å². The second-order valence-electron chi connectivity index (χ2n) is 5.20. The predicted octanol–water partition coefficient (Wildman–Crippen LogP) is 3.38. The summed E-state index contributed by atoms with van der Waals surface area (Å²) in [5.41, 5.74) is -0.0174. The van der Waals surface area contributed by atoms with Crippen molar-refractivity contribution < 1.29 is 0 Å². The number of piperidine rings is 1. The molecule has 0 amide bonds. The first kappa shape index (κ1) is 14.2. The van der Waals surface area contributed by atoms with E-state index in [1.54, 1.807) is 0 Å². The first-order valence-corrected chi connectivity index (χ1v) is 8.66. The smallest absolute Gasteiger partial charge is 0.255 e. The number of hydrogen-bond donors (Lipinski definition) is 2. The summed E-state index contributed by atoms with van der Waals surface area (Å²) in [6.07, 6.45) is 4.41. The van der Waals surface area contributed by atoms with E-state index in [4.69, 9.17) is 0 Å². The van der Waals surface area contributed by atoms with Gasteiger partial charge in [-0.05, 0) is 50.0 Å². The molecule has 1 aromatic heterocycles. The molecule has 0 spiro atoms. The maximum Gasteiger partial charge on any atom is 0.255 e. The van der Waals surface area contributed by atoms with Gasteiger partial charge in [-0.15, -0.1) is 11.8 Å². The molecule has 2 N–H and O–H groups in total. The van der Waals surface area contributed by atoms with Gasteiger partial charge in [-0.1, -0.05) is 15.9 Å². The molecule has 3 nitrogen and oxygen atoms in total.